The number of para-hydroxylation sites is 1. The molecule has 0 bridgehead atoms. The fourth-order valence-electron chi connectivity index (χ4n) is 3.97. The highest BCUT2D eigenvalue weighted by Gasteiger charge is 2.37. The molecule has 10 heteroatoms. The second-order valence-corrected chi connectivity index (χ2v) is 10.5. The standard InChI is InChI=1S/C29H37ClN4O5/c1-7-15-34(27(37)22(17-23(31)35)32-28(38)39-29(4,5)6)25(20-13-10-12-19(8-2)16-20)26(36)33-24-18(3)11-9-14-21(24)30/h8-14,16,22,25H,2,7,15,17H2,1,3-6H3,(H2,31,35)(H,32,38)(H,33,36). The maximum Gasteiger partial charge on any atom is 0.408 e. The molecule has 0 radical (unpaired) electrons. The van der Waals surface area contributed by atoms with Gasteiger partial charge < -0.3 is 26.0 Å². The van der Waals surface area contributed by atoms with Crippen molar-refractivity contribution in [2.45, 2.75) is 65.1 Å². The molecule has 39 heavy (non-hydrogen) atoms. The number of carbonyl (C=O) groups is 4. The third-order valence-corrected chi connectivity index (χ3v) is 5.95. The molecular weight excluding hydrogens is 520 g/mol. The lowest BCUT2D eigenvalue weighted by Crippen LogP contribution is -2.53. The van der Waals surface area contributed by atoms with E-state index in [0.717, 1.165) is 11.1 Å². The van der Waals surface area contributed by atoms with Gasteiger partial charge in [-0.25, -0.2) is 4.79 Å². The Morgan fingerprint density at radius 3 is 2.38 bits per heavy atom. The molecule has 4 amide bonds. The molecule has 2 aromatic rings. The van der Waals surface area contributed by atoms with E-state index in [2.05, 4.69) is 17.2 Å². The Morgan fingerprint density at radius 2 is 1.82 bits per heavy atom. The van der Waals surface area contributed by atoms with Gasteiger partial charge in [0.25, 0.3) is 5.91 Å². The predicted molar refractivity (Wildman–Crippen MR) is 153 cm³/mol. The fraction of sp³-hybridized carbons (Fsp3) is 0.379. The lowest BCUT2D eigenvalue weighted by molar-refractivity contribution is -0.141. The number of anilines is 1. The van der Waals surface area contributed by atoms with Crippen molar-refractivity contribution < 1.29 is 23.9 Å². The minimum atomic E-state index is -1.36. The fourth-order valence-corrected chi connectivity index (χ4v) is 4.24. The first kappa shape index (κ1) is 31.4. The number of nitrogens with two attached hydrogens (primary N) is 1. The van der Waals surface area contributed by atoms with Crippen molar-refractivity contribution in [1.29, 1.82) is 0 Å². The van der Waals surface area contributed by atoms with E-state index in [1.807, 2.05) is 13.0 Å². The second kappa shape index (κ2) is 13.8. The largest absolute Gasteiger partial charge is 0.444 e. The minimum absolute atomic E-state index is 0.141. The Labute approximate surface area is 234 Å². The number of primary amides is 1. The number of benzene rings is 2. The van der Waals surface area contributed by atoms with Crippen LogP contribution in [-0.2, 0) is 19.1 Å². The SMILES string of the molecule is C=Cc1cccc(C(C(=O)Nc2c(C)cccc2Cl)N(CCC)C(=O)C(CC(N)=O)NC(=O)OC(C)(C)C)c1. The van der Waals surface area contributed by atoms with Crippen LogP contribution in [0.2, 0.25) is 5.02 Å². The lowest BCUT2D eigenvalue weighted by Gasteiger charge is -2.34. The monoisotopic (exact) mass is 556 g/mol. The van der Waals surface area contributed by atoms with Gasteiger partial charge in [0.1, 0.15) is 17.7 Å². The van der Waals surface area contributed by atoms with Crippen LogP contribution in [0, 0.1) is 6.92 Å². The molecule has 0 aliphatic carbocycles. The van der Waals surface area contributed by atoms with E-state index in [9.17, 15) is 19.2 Å². The molecule has 2 atom stereocenters. The van der Waals surface area contributed by atoms with Gasteiger partial charge in [0.05, 0.1) is 17.1 Å². The highest BCUT2D eigenvalue weighted by molar-refractivity contribution is 6.34. The molecule has 210 valence electrons. The molecule has 0 spiro atoms. The first-order valence-corrected chi connectivity index (χ1v) is 13.0. The second-order valence-electron chi connectivity index (χ2n) is 10.1. The summed E-state index contributed by atoms with van der Waals surface area (Å²) in [5, 5.41) is 5.66. The summed E-state index contributed by atoms with van der Waals surface area (Å²) in [6.45, 7) is 12.6. The molecule has 2 rings (SSSR count). The zero-order valence-electron chi connectivity index (χ0n) is 23.0. The van der Waals surface area contributed by atoms with E-state index in [0.29, 0.717) is 22.7 Å². The number of halogens is 1. The molecule has 0 saturated carbocycles. The van der Waals surface area contributed by atoms with Gasteiger partial charge in [-0.15, -0.1) is 0 Å². The normalized spacial score (nSPS) is 12.6. The van der Waals surface area contributed by atoms with Gasteiger partial charge in [0, 0.05) is 6.54 Å². The van der Waals surface area contributed by atoms with Crippen molar-refractivity contribution in [1.82, 2.24) is 10.2 Å². The quantitative estimate of drug-likeness (QED) is 0.359. The molecular formula is C29H37ClN4O5. The van der Waals surface area contributed by atoms with E-state index >= 15 is 0 Å². The van der Waals surface area contributed by atoms with Crippen molar-refractivity contribution in [3.8, 4) is 0 Å². The Balaban J connectivity index is 2.58. The van der Waals surface area contributed by atoms with Crippen LogP contribution in [0.4, 0.5) is 10.5 Å². The van der Waals surface area contributed by atoms with Gasteiger partial charge in [0.15, 0.2) is 0 Å². The molecule has 0 saturated heterocycles. The minimum Gasteiger partial charge on any atom is -0.444 e. The summed E-state index contributed by atoms with van der Waals surface area (Å²) in [6.07, 6.45) is 0.739. The number of alkyl carbamates (subject to hydrolysis) is 1. The number of nitrogens with zero attached hydrogens (tertiary/aromatic N) is 1. The van der Waals surface area contributed by atoms with Crippen molar-refractivity contribution >= 4 is 47.2 Å². The summed E-state index contributed by atoms with van der Waals surface area (Å²) in [4.78, 5) is 53.6. The van der Waals surface area contributed by atoms with Crippen LogP contribution in [0.3, 0.4) is 0 Å². The van der Waals surface area contributed by atoms with E-state index in [4.69, 9.17) is 22.1 Å². The first-order valence-electron chi connectivity index (χ1n) is 12.6. The van der Waals surface area contributed by atoms with Crippen LogP contribution in [0.1, 0.15) is 63.3 Å². The summed E-state index contributed by atoms with van der Waals surface area (Å²) in [7, 11) is 0. The number of nitrogens with one attached hydrogen (secondary N) is 2. The maximum absolute atomic E-state index is 14.0. The van der Waals surface area contributed by atoms with Crippen molar-refractivity contribution in [3.05, 3.63) is 70.8 Å². The summed E-state index contributed by atoms with van der Waals surface area (Å²) >= 11 is 6.37. The van der Waals surface area contributed by atoms with Crippen molar-refractivity contribution in [2.75, 3.05) is 11.9 Å². The summed E-state index contributed by atoms with van der Waals surface area (Å²) < 4.78 is 5.29. The van der Waals surface area contributed by atoms with Gasteiger partial charge in [-0.3, -0.25) is 14.4 Å². The summed E-state index contributed by atoms with van der Waals surface area (Å²) in [5.41, 5.74) is 6.98. The number of rotatable bonds is 11. The number of hydrogen-bond acceptors (Lipinski definition) is 5. The van der Waals surface area contributed by atoms with Crippen LogP contribution in [0.15, 0.2) is 49.0 Å². The lowest BCUT2D eigenvalue weighted by atomic mass is 9.99. The molecule has 0 fully saturated rings. The van der Waals surface area contributed by atoms with Gasteiger partial charge in [0.2, 0.25) is 11.8 Å². The summed E-state index contributed by atoms with van der Waals surface area (Å²) in [5.74, 6) is -1.99. The van der Waals surface area contributed by atoms with Gasteiger partial charge in [-0.2, -0.15) is 0 Å². The molecule has 0 aliphatic rings. The average Bonchev–Trinajstić information content (AvgIpc) is 2.84. The van der Waals surface area contributed by atoms with Crippen LogP contribution in [0.25, 0.3) is 6.08 Å². The van der Waals surface area contributed by atoms with Crippen LogP contribution >= 0.6 is 11.6 Å². The Hall–Kier alpha value is -3.85. The zero-order valence-corrected chi connectivity index (χ0v) is 23.8. The Bertz CT molecular complexity index is 1200. The third kappa shape index (κ3) is 9.14. The smallest absolute Gasteiger partial charge is 0.408 e. The molecule has 2 aromatic carbocycles. The van der Waals surface area contributed by atoms with E-state index in [1.165, 1.54) is 4.90 Å². The highest BCUT2D eigenvalue weighted by Crippen LogP contribution is 2.30. The first-order chi connectivity index (χ1) is 18.3. The maximum atomic E-state index is 14.0. The predicted octanol–water partition coefficient (Wildman–Crippen LogP) is 4.98. The average molecular weight is 557 g/mol. The Morgan fingerprint density at radius 1 is 1.15 bits per heavy atom. The summed E-state index contributed by atoms with van der Waals surface area (Å²) in [6, 6.07) is 9.76. The third-order valence-electron chi connectivity index (χ3n) is 5.63. The molecule has 9 nitrogen and oxygen atoms in total. The van der Waals surface area contributed by atoms with E-state index in [1.54, 1.807) is 70.2 Å². The van der Waals surface area contributed by atoms with Crippen molar-refractivity contribution in [2.24, 2.45) is 5.73 Å². The number of carbonyl (C=O) groups excluding carboxylic acids is 4. The van der Waals surface area contributed by atoms with E-state index in [-0.39, 0.29) is 6.54 Å². The van der Waals surface area contributed by atoms with Crippen LogP contribution in [-0.4, -0.2) is 46.9 Å². The topological polar surface area (TPSA) is 131 Å². The van der Waals surface area contributed by atoms with Gasteiger partial charge >= 0.3 is 6.09 Å². The Kier molecular flexibility index (Phi) is 11.1. The number of ether oxygens (including phenoxy) is 1. The van der Waals surface area contributed by atoms with Crippen LogP contribution in [0.5, 0.6) is 0 Å². The molecule has 4 N–H and O–H groups in total. The van der Waals surface area contributed by atoms with Gasteiger partial charge in [-0.05, 0) is 62.9 Å². The van der Waals surface area contributed by atoms with Crippen LogP contribution < -0.4 is 16.4 Å². The molecule has 0 aromatic heterocycles. The number of hydrogen-bond donors (Lipinski definition) is 3. The molecule has 0 heterocycles. The molecule has 0 aliphatic heterocycles. The van der Waals surface area contributed by atoms with Gasteiger partial charge in [-0.1, -0.05) is 61.5 Å². The highest BCUT2D eigenvalue weighted by atomic mass is 35.5. The van der Waals surface area contributed by atoms with Crippen molar-refractivity contribution in [3.63, 3.8) is 0 Å². The van der Waals surface area contributed by atoms with E-state index < -0.39 is 47.9 Å². The number of aryl methyl sites for hydroxylation is 1. The molecule has 2 unspecified atom stereocenters. The number of amides is 4. The zero-order chi connectivity index (χ0) is 29.3.